The lowest BCUT2D eigenvalue weighted by atomic mass is 9.95. The summed E-state index contributed by atoms with van der Waals surface area (Å²) in [6.45, 7) is 8.21. The zero-order valence-electron chi connectivity index (χ0n) is 17.2. The van der Waals surface area contributed by atoms with Crippen LogP contribution in [0.4, 0.5) is 0 Å². The standard InChI is InChI=1S/C20H27N5O2S2/c1-5-6-7-16-12-15(13-25-22-14-21-24-25)8-9-17(16)18-10-11-28-19(18)29(26,27)23-20(2,3)4/h8-12,14,23H,5-7,13H2,1-4H3. The highest BCUT2D eigenvalue weighted by Gasteiger charge is 2.27. The molecule has 156 valence electrons. The van der Waals surface area contributed by atoms with E-state index in [0.29, 0.717) is 10.8 Å². The Balaban J connectivity index is 2.01. The Labute approximate surface area is 176 Å². The monoisotopic (exact) mass is 433 g/mol. The number of benzene rings is 1. The lowest BCUT2D eigenvalue weighted by Crippen LogP contribution is -2.40. The van der Waals surface area contributed by atoms with Gasteiger partial charge in [0.2, 0.25) is 0 Å². The molecular weight excluding hydrogens is 406 g/mol. The van der Waals surface area contributed by atoms with Gasteiger partial charge in [-0.2, -0.15) is 4.80 Å². The van der Waals surface area contributed by atoms with Gasteiger partial charge in [0.15, 0.2) is 6.33 Å². The number of thiophene rings is 1. The van der Waals surface area contributed by atoms with Crippen LogP contribution < -0.4 is 4.72 Å². The normalized spacial score (nSPS) is 12.4. The molecule has 0 bridgehead atoms. The van der Waals surface area contributed by atoms with Gasteiger partial charge in [0, 0.05) is 11.1 Å². The second-order valence-corrected chi connectivity index (χ2v) is 10.8. The fourth-order valence-electron chi connectivity index (χ4n) is 3.16. The Bertz CT molecular complexity index is 1050. The zero-order chi connectivity index (χ0) is 21.1. The highest BCUT2D eigenvalue weighted by molar-refractivity contribution is 7.91. The molecule has 1 aromatic carbocycles. The first-order valence-electron chi connectivity index (χ1n) is 9.64. The zero-order valence-corrected chi connectivity index (χ0v) is 18.8. The molecule has 0 aliphatic rings. The number of aromatic nitrogens is 4. The molecule has 7 nitrogen and oxygen atoms in total. The second-order valence-electron chi connectivity index (χ2n) is 8.04. The van der Waals surface area contributed by atoms with Gasteiger partial charge in [-0.25, -0.2) is 13.1 Å². The molecule has 1 N–H and O–H groups in total. The van der Waals surface area contributed by atoms with E-state index in [2.05, 4.69) is 33.1 Å². The molecule has 0 spiro atoms. The topological polar surface area (TPSA) is 89.8 Å². The Kier molecular flexibility index (Phi) is 6.50. The predicted molar refractivity (Wildman–Crippen MR) is 115 cm³/mol. The van der Waals surface area contributed by atoms with Crippen molar-refractivity contribution in [2.45, 2.75) is 63.3 Å². The number of nitrogens with zero attached hydrogens (tertiary/aromatic N) is 4. The lowest BCUT2D eigenvalue weighted by molar-refractivity contribution is 0.493. The maximum absolute atomic E-state index is 13.0. The molecular formula is C20H27N5O2S2. The van der Waals surface area contributed by atoms with Gasteiger partial charge in [-0.05, 0) is 67.0 Å². The Morgan fingerprint density at radius 2 is 1.97 bits per heavy atom. The average Bonchev–Trinajstić information content (AvgIpc) is 3.30. The minimum Gasteiger partial charge on any atom is -0.206 e. The third-order valence-corrected chi connectivity index (χ3v) is 7.53. The van der Waals surface area contributed by atoms with Crippen molar-refractivity contribution in [3.8, 4) is 11.1 Å². The first kappa shape index (κ1) is 21.6. The third-order valence-electron chi connectivity index (χ3n) is 4.29. The molecule has 0 atom stereocenters. The Morgan fingerprint density at radius 3 is 2.62 bits per heavy atom. The first-order valence-corrected chi connectivity index (χ1v) is 12.0. The van der Waals surface area contributed by atoms with Gasteiger partial charge >= 0.3 is 0 Å². The SMILES string of the molecule is CCCCc1cc(Cn2ncnn2)ccc1-c1ccsc1S(=O)(=O)NC(C)(C)C. The largest absolute Gasteiger partial charge is 0.251 e. The predicted octanol–water partition coefficient (Wildman–Crippen LogP) is 3.87. The molecule has 0 aliphatic carbocycles. The third kappa shape index (κ3) is 5.49. The summed E-state index contributed by atoms with van der Waals surface area (Å²) in [7, 11) is -3.61. The Hall–Kier alpha value is -2.10. The number of hydrogen-bond donors (Lipinski definition) is 1. The van der Waals surface area contributed by atoms with E-state index in [1.54, 1.807) is 0 Å². The minimum atomic E-state index is -3.61. The molecule has 9 heteroatoms. The van der Waals surface area contributed by atoms with E-state index >= 15 is 0 Å². The molecule has 0 aliphatic heterocycles. The fourth-order valence-corrected chi connectivity index (χ4v) is 5.96. The molecule has 2 aromatic heterocycles. The summed E-state index contributed by atoms with van der Waals surface area (Å²) >= 11 is 1.25. The van der Waals surface area contributed by atoms with E-state index < -0.39 is 15.6 Å². The number of unbranched alkanes of at least 4 members (excludes halogenated alkanes) is 1. The second kappa shape index (κ2) is 8.73. The van der Waals surface area contributed by atoms with Crippen LogP contribution >= 0.6 is 11.3 Å². The molecule has 2 heterocycles. The first-order chi connectivity index (χ1) is 13.7. The number of nitrogens with one attached hydrogen (secondary N) is 1. The average molecular weight is 434 g/mol. The number of hydrogen-bond acceptors (Lipinski definition) is 6. The van der Waals surface area contributed by atoms with Gasteiger partial charge < -0.3 is 0 Å². The molecule has 0 saturated carbocycles. The van der Waals surface area contributed by atoms with Gasteiger partial charge in [0.25, 0.3) is 10.0 Å². The van der Waals surface area contributed by atoms with Gasteiger partial charge in [-0.3, -0.25) is 0 Å². The van der Waals surface area contributed by atoms with Gasteiger partial charge in [-0.15, -0.1) is 21.5 Å². The van der Waals surface area contributed by atoms with E-state index in [1.165, 1.54) is 22.5 Å². The molecule has 29 heavy (non-hydrogen) atoms. The Morgan fingerprint density at radius 1 is 1.17 bits per heavy atom. The van der Waals surface area contributed by atoms with E-state index in [4.69, 9.17) is 0 Å². The van der Waals surface area contributed by atoms with Crippen molar-refractivity contribution >= 4 is 21.4 Å². The van der Waals surface area contributed by atoms with Crippen molar-refractivity contribution in [2.24, 2.45) is 0 Å². The van der Waals surface area contributed by atoms with Crippen LogP contribution in [0.15, 0.2) is 40.2 Å². The molecule has 3 rings (SSSR count). The van der Waals surface area contributed by atoms with E-state index in [9.17, 15) is 8.42 Å². The van der Waals surface area contributed by atoms with Crippen LogP contribution in [0.5, 0.6) is 0 Å². The highest BCUT2D eigenvalue weighted by Crippen LogP contribution is 2.35. The van der Waals surface area contributed by atoms with Crippen LogP contribution in [0, 0.1) is 0 Å². The summed E-state index contributed by atoms with van der Waals surface area (Å²) in [4.78, 5) is 1.53. The molecule has 0 saturated heterocycles. The summed E-state index contributed by atoms with van der Waals surface area (Å²) < 4.78 is 29.1. The molecule has 0 amide bonds. The number of rotatable bonds is 8. The van der Waals surface area contributed by atoms with Crippen LogP contribution in [-0.4, -0.2) is 34.2 Å². The number of tetrazole rings is 1. The van der Waals surface area contributed by atoms with Crippen LogP contribution in [0.1, 0.15) is 51.7 Å². The minimum absolute atomic E-state index is 0.357. The van der Waals surface area contributed by atoms with Crippen LogP contribution in [0.3, 0.4) is 0 Å². The van der Waals surface area contributed by atoms with E-state index in [1.807, 2.05) is 44.4 Å². The van der Waals surface area contributed by atoms with Crippen molar-refractivity contribution < 1.29 is 8.42 Å². The van der Waals surface area contributed by atoms with Crippen LogP contribution in [0.25, 0.3) is 11.1 Å². The van der Waals surface area contributed by atoms with E-state index in [0.717, 1.165) is 41.5 Å². The van der Waals surface area contributed by atoms with Gasteiger partial charge in [-0.1, -0.05) is 31.5 Å². The lowest BCUT2D eigenvalue weighted by Gasteiger charge is -2.20. The number of aryl methyl sites for hydroxylation is 1. The van der Waals surface area contributed by atoms with E-state index in [-0.39, 0.29) is 0 Å². The summed E-state index contributed by atoms with van der Waals surface area (Å²) in [5.41, 5.74) is 3.37. The smallest absolute Gasteiger partial charge is 0.206 e. The van der Waals surface area contributed by atoms with Crippen molar-refractivity contribution in [1.29, 1.82) is 0 Å². The molecule has 3 aromatic rings. The van der Waals surface area contributed by atoms with Gasteiger partial charge in [0.05, 0.1) is 6.54 Å². The van der Waals surface area contributed by atoms with Crippen LogP contribution in [-0.2, 0) is 23.0 Å². The van der Waals surface area contributed by atoms with Crippen LogP contribution in [0.2, 0.25) is 0 Å². The quantitative estimate of drug-likeness (QED) is 0.582. The van der Waals surface area contributed by atoms with Crippen molar-refractivity contribution in [3.63, 3.8) is 0 Å². The summed E-state index contributed by atoms with van der Waals surface area (Å²) in [6, 6.07) is 8.03. The maximum Gasteiger partial charge on any atom is 0.251 e. The van der Waals surface area contributed by atoms with Gasteiger partial charge in [0.1, 0.15) is 4.21 Å². The molecule has 0 fully saturated rings. The summed E-state index contributed by atoms with van der Waals surface area (Å²) in [5.74, 6) is 0. The van der Waals surface area contributed by atoms with Crippen molar-refractivity contribution in [1.82, 2.24) is 24.9 Å². The summed E-state index contributed by atoms with van der Waals surface area (Å²) in [5, 5.41) is 13.6. The number of sulfonamides is 1. The highest BCUT2D eigenvalue weighted by atomic mass is 32.2. The van der Waals surface area contributed by atoms with Crippen molar-refractivity contribution in [3.05, 3.63) is 47.1 Å². The summed E-state index contributed by atoms with van der Waals surface area (Å²) in [6.07, 6.45) is 4.39. The maximum atomic E-state index is 13.0. The molecule has 0 unspecified atom stereocenters. The molecule has 0 radical (unpaired) electrons. The van der Waals surface area contributed by atoms with Crippen molar-refractivity contribution in [2.75, 3.05) is 0 Å². The fraction of sp³-hybridized carbons (Fsp3) is 0.450.